The second-order valence-electron chi connectivity index (χ2n) is 4.45. The smallest absolute Gasteiger partial charge is 0.337 e. The van der Waals surface area contributed by atoms with E-state index in [4.69, 9.17) is 9.26 Å². The van der Waals surface area contributed by atoms with Crippen LogP contribution >= 0.6 is 0 Å². The molecule has 2 rings (SSSR count). The number of carbonyl (C=O) groups is 2. The molecular formula is C15H16N2O5. The zero-order chi connectivity index (χ0) is 15.9. The molecule has 1 aromatic heterocycles. The topological polar surface area (TPSA) is 90.7 Å². The SMILES string of the molecule is COC(=O)c1ccc(NC(=O)CCc2cc(OC)no2)cc1. The number of hydrogen-bond acceptors (Lipinski definition) is 6. The summed E-state index contributed by atoms with van der Waals surface area (Å²) < 4.78 is 14.5. The van der Waals surface area contributed by atoms with Crippen LogP contribution in [-0.4, -0.2) is 31.3 Å². The van der Waals surface area contributed by atoms with Gasteiger partial charge in [-0.3, -0.25) is 4.79 Å². The van der Waals surface area contributed by atoms with E-state index in [0.29, 0.717) is 29.3 Å². The maximum Gasteiger partial charge on any atom is 0.337 e. The lowest BCUT2D eigenvalue weighted by Gasteiger charge is -2.05. The Bertz CT molecular complexity index is 648. The highest BCUT2D eigenvalue weighted by Gasteiger charge is 2.09. The molecule has 1 aromatic carbocycles. The van der Waals surface area contributed by atoms with Crippen LogP contribution in [0.5, 0.6) is 5.88 Å². The Hall–Kier alpha value is -2.83. The Morgan fingerprint density at radius 1 is 1.23 bits per heavy atom. The van der Waals surface area contributed by atoms with Crippen molar-refractivity contribution in [2.75, 3.05) is 19.5 Å². The standard InChI is InChI=1S/C15H16N2O5/c1-20-14-9-12(22-17-14)7-8-13(18)16-11-5-3-10(4-6-11)15(19)21-2/h3-6,9H,7-8H2,1-2H3,(H,16,18). The normalized spacial score (nSPS) is 10.1. The van der Waals surface area contributed by atoms with E-state index in [-0.39, 0.29) is 12.3 Å². The summed E-state index contributed by atoms with van der Waals surface area (Å²) in [5.41, 5.74) is 1.03. The monoisotopic (exact) mass is 304 g/mol. The van der Waals surface area contributed by atoms with E-state index in [9.17, 15) is 9.59 Å². The summed E-state index contributed by atoms with van der Waals surface area (Å²) in [6, 6.07) is 8.09. The number of nitrogens with zero attached hydrogens (tertiary/aromatic N) is 1. The summed E-state index contributed by atoms with van der Waals surface area (Å²) in [4.78, 5) is 23.1. The van der Waals surface area contributed by atoms with E-state index in [2.05, 4.69) is 15.2 Å². The van der Waals surface area contributed by atoms with Crippen LogP contribution in [0, 0.1) is 0 Å². The van der Waals surface area contributed by atoms with Gasteiger partial charge in [-0.25, -0.2) is 4.79 Å². The lowest BCUT2D eigenvalue weighted by Crippen LogP contribution is -2.12. The molecule has 7 heteroatoms. The molecular weight excluding hydrogens is 288 g/mol. The molecule has 0 aliphatic rings. The molecule has 22 heavy (non-hydrogen) atoms. The third kappa shape index (κ3) is 4.08. The van der Waals surface area contributed by atoms with Crippen LogP contribution in [0.15, 0.2) is 34.9 Å². The molecule has 0 saturated carbocycles. The highest BCUT2D eigenvalue weighted by Crippen LogP contribution is 2.14. The minimum atomic E-state index is -0.419. The van der Waals surface area contributed by atoms with E-state index in [1.165, 1.54) is 14.2 Å². The number of carbonyl (C=O) groups excluding carboxylic acids is 2. The van der Waals surface area contributed by atoms with Crippen molar-refractivity contribution >= 4 is 17.6 Å². The molecule has 116 valence electrons. The summed E-state index contributed by atoms with van der Waals surface area (Å²) in [5, 5.41) is 6.39. The Labute approximate surface area is 127 Å². The second-order valence-corrected chi connectivity index (χ2v) is 4.45. The minimum Gasteiger partial charge on any atom is -0.479 e. The number of nitrogens with one attached hydrogen (secondary N) is 1. The maximum absolute atomic E-state index is 11.8. The van der Waals surface area contributed by atoms with Crippen LogP contribution in [0.2, 0.25) is 0 Å². The van der Waals surface area contributed by atoms with E-state index in [0.717, 1.165) is 0 Å². The number of aryl methyl sites for hydroxylation is 1. The molecule has 0 fully saturated rings. The van der Waals surface area contributed by atoms with Crippen LogP contribution in [-0.2, 0) is 16.0 Å². The van der Waals surface area contributed by atoms with Crippen molar-refractivity contribution in [3.8, 4) is 5.88 Å². The van der Waals surface area contributed by atoms with E-state index < -0.39 is 5.97 Å². The predicted molar refractivity (Wildman–Crippen MR) is 77.8 cm³/mol. The van der Waals surface area contributed by atoms with Gasteiger partial charge in [0.25, 0.3) is 5.88 Å². The van der Waals surface area contributed by atoms with Crippen molar-refractivity contribution in [1.29, 1.82) is 0 Å². The van der Waals surface area contributed by atoms with Crippen molar-refractivity contribution in [2.24, 2.45) is 0 Å². The molecule has 0 aliphatic heterocycles. The molecule has 1 amide bonds. The molecule has 2 aromatic rings. The van der Waals surface area contributed by atoms with Crippen molar-refractivity contribution < 1.29 is 23.6 Å². The van der Waals surface area contributed by atoms with Gasteiger partial charge in [-0.05, 0) is 29.4 Å². The predicted octanol–water partition coefficient (Wildman–Crippen LogP) is 2.04. The molecule has 1 N–H and O–H groups in total. The van der Waals surface area contributed by atoms with Gasteiger partial charge >= 0.3 is 5.97 Å². The summed E-state index contributed by atoms with van der Waals surface area (Å²) in [6.07, 6.45) is 0.666. The van der Waals surface area contributed by atoms with E-state index >= 15 is 0 Å². The highest BCUT2D eigenvalue weighted by molar-refractivity contribution is 5.93. The lowest BCUT2D eigenvalue weighted by molar-refractivity contribution is -0.116. The molecule has 0 atom stereocenters. The summed E-state index contributed by atoms with van der Waals surface area (Å²) >= 11 is 0. The van der Waals surface area contributed by atoms with E-state index in [1.54, 1.807) is 30.3 Å². The number of hydrogen-bond donors (Lipinski definition) is 1. The fraction of sp³-hybridized carbons (Fsp3) is 0.267. The zero-order valence-electron chi connectivity index (χ0n) is 12.3. The fourth-order valence-corrected chi connectivity index (χ4v) is 1.78. The molecule has 1 heterocycles. The molecule has 0 spiro atoms. The lowest BCUT2D eigenvalue weighted by atomic mass is 10.2. The summed E-state index contributed by atoms with van der Waals surface area (Å²) in [6.45, 7) is 0. The van der Waals surface area contributed by atoms with Crippen LogP contribution in [0.3, 0.4) is 0 Å². The van der Waals surface area contributed by atoms with Gasteiger partial charge in [0, 0.05) is 24.6 Å². The quantitative estimate of drug-likeness (QED) is 0.821. The van der Waals surface area contributed by atoms with Crippen molar-refractivity contribution in [2.45, 2.75) is 12.8 Å². The van der Waals surface area contributed by atoms with Gasteiger partial charge in [0.15, 0.2) is 0 Å². The number of aromatic nitrogens is 1. The van der Waals surface area contributed by atoms with E-state index in [1.807, 2.05) is 0 Å². The second kappa shape index (κ2) is 7.26. The average molecular weight is 304 g/mol. The van der Waals surface area contributed by atoms with Gasteiger partial charge in [0.2, 0.25) is 5.91 Å². The molecule has 0 aliphatic carbocycles. The molecule has 0 unspecified atom stereocenters. The highest BCUT2D eigenvalue weighted by atomic mass is 16.5. The van der Waals surface area contributed by atoms with Gasteiger partial charge in [-0.1, -0.05) is 0 Å². The first-order valence-corrected chi connectivity index (χ1v) is 6.60. The van der Waals surface area contributed by atoms with Crippen LogP contribution in [0.25, 0.3) is 0 Å². The van der Waals surface area contributed by atoms with Crippen molar-refractivity contribution in [1.82, 2.24) is 5.16 Å². The largest absolute Gasteiger partial charge is 0.479 e. The molecule has 7 nitrogen and oxygen atoms in total. The first kappa shape index (κ1) is 15.6. The Kier molecular flexibility index (Phi) is 5.13. The van der Waals surface area contributed by atoms with Crippen molar-refractivity contribution in [3.63, 3.8) is 0 Å². The zero-order valence-corrected chi connectivity index (χ0v) is 12.3. The third-order valence-electron chi connectivity index (χ3n) is 2.93. The van der Waals surface area contributed by atoms with Crippen LogP contribution < -0.4 is 10.1 Å². The number of benzene rings is 1. The Morgan fingerprint density at radius 3 is 2.55 bits per heavy atom. The van der Waals surface area contributed by atoms with Crippen molar-refractivity contribution in [3.05, 3.63) is 41.7 Å². The Balaban J connectivity index is 1.85. The summed E-state index contributed by atoms with van der Waals surface area (Å²) in [7, 11) is 2.81. The van der Waals surface area contributed by atoms with Crippen LogP contribution in [0.1, 0.15) is 22.5 Å². The van der Waals surface area contributed by atoms with Gasteiger partial charge < -0.3 is 19.3 Å². The number of anilines is 1. The third-order valence-corrected chi connectivity index (χ3v) is 2.93. The summed E-state index contributed by atoms with van der Waals surface area (Å²) in [5.74, 6) is 0.375. The van der Waals surface area contributed by atoms with Gasteiger partial charge in [-0.2, -0.15) is 0 Å². The minimum absolute atomic E-state index is 0.166. The first-order chi connectivity index (χ1) is 10.6. The number of rotatable bonds is 6. The number of methoxy groups -OCH3 is 2. The fourth-order valence-electron chi connectivity index (χ4n) is 1.78. The number of ether oxygens (including phenoxy) is 2. The molecule has 0 saturated heterocycles. The molecule has 0 radical (unpaired) electrons. The molecule has 0 bridgehead atoms. The van der Waals surface area contributed by atoms with Gasteiger partial charge in [0.1, 0.15) is 5.76 Å². The van der Waals surface area contributed by atoms with Gasteiger partial charge in [-0.15, -0.1) is 0 Å². The number of esters is 1. The number of amides is 1. The van der Waals surface area contributed by atoms with Crippen LogP contribution in [0.4, 0.5) is 5.69 Å². The van der Waals surface area contributed by atoms with Gasteiger partial charge in [0.05, 0.1) is 19.8 Å². The Morgan fingerprint density at radius 2 is 1.95 bits per heavy atom. The average Bonchev–Trinajstić information content (AvgIpc) is 3.01. The first-order valence-electron chi connectivity index (χ1n) is 6.60. The maximum atomic E-state index is 11.8.